The van der Waals surface area contributed by atoms with Crippen molar-refractivity contribution < 1.29 is 9.18 Å². The number of piperazine rings is 2. The van der Waals surface area contributed by atoms with Gasteiger partial charge in [-0.05, 0) is 43.3 Å². The van der Waals surface area contributed by atoms with E-state index < -0.39 is 0 Å². The van der Waals surface area contributed by atoms with Crippen molar-refractivity contribution in [1.29, 1.82) is 0 Å². The average Bonchev–Trinajstić information content (AvgIpc) is 3.00. The van der Waals surface area contributed by atoms with Gasteiger partial charge in [0.2, 0.25) is 5.91 Å². The highest BCUT2D eigenvalue weighted by molar-refractivity contribution is 7.99. The van der Waals surface area contributed by atoms with Gasteiger partial charge in [-0.3, -0.25) is 14.3 Å². The molecule has 12 heteroatoms. The topological polar surface area (TPSA) is 64.9 Å². The van der Waals surface area contributed by atoms with E-state index in [-0.39, 0.29) is 43.0 Å². The molecule has 1 amide bonds. The zero-order valence-electron chi connectivity index (χ0n) is 24.6. The van der Waals surface area contributed by atoms with E-state index in [4.69, 9.17) is 16.6 Å². The Morgan fingerprint density at radius 2 is 1.84 bits per heavy atom. The summed E-state index contributed by atoms with van der Waals surface area (Å²) in [5, 5.41) is 1.36. The number of hydrogen-bond acceptors (Lipinski definition) is 7. The van der Waals surface area contributed by atoms with Crippen LogP contribution < -0.4 is 10.6 Å². The minimum absolute atomic E-state index is 0. The van der Waals surface area contributed by atoms with Gasteiger partial charge in [-0.2, -0.15) is 18.5 Å². The van der Waals surface area contributed by atoms with Gasteiger partial charge in [0.15, 0.2) is 0 Å². The minimum Gasteiger partial charge on any atom is -0.350 e. The van der Waals surface area contributed by atoms with Crippen molar-refractivity contribution in [3.8, 4) is 11.1 Å². The van der Waals surface area contributed by atoms with Gasteiger partial charge in [0, 0.05) is 80.0 Å². The van der Waals surface area contributed by atoms with Gasteiger partial charge < -0.3 is 14.7 Å². The number of aromatic nitrogens is 2. The predicted octanol–water partition coefficient (Wildman–Crippen LogP) is 4.48. The van der Waals surface area contributed by atoms with Crippen LogP contribution in [0.4, 0.5) is 10.2 Å². The van der Waals surface area contributed by atoms with E-state index in [9.17, 15) is 14.0 Å². The lowest BCUT2D eigenvalue weighted by atomic mass is 10.0. The van der Waals surface area contributed by atoms with E-state index in [1.54, 1.807) is 28.8 Å². The number of hydrogen-bond donors (Lipinski definition) is 0. The number of likely N-dealkylation sites (N-methyl/N-ethyl adjacent to an activating group) is 1. The molecule has 3 aliphatic rings. The monoisotopic (exact) mass is 644 g/mol. The summed E-state index contributed by atoms with van der Waals surface area (Å²) in [6.45, 7) is 15.2. The van der Waals surface area contributed by atoms with Crippen molar-refractivity contribution >= 4 is 59.5 Å². The van der Waals surface area contributed by atoms with Crippen LogP contribution in [0.3, 0.4) is 0 Å². The molecule has 0 saturated carbocycles. The third-order valence-corrected chi connectivity index (χ3v) is 10.3. The first kappa shape index (κ1) is 31.8. The number of halogens is 2. The summed E-state index contributed by atoms with van der Waals surface area (Å²) in [6, 6.07) is 8.15. The van der Waals surface area contributed by atoms with E-state index in [2.05, 4.69) is 28.2 Å². The van der Waals surface area contributed by atoms with Gasteiger partial charge in [0.25, 0.3) is 0 Å². The Kier molecular flexibility index (Phi) is 9.77. The van der Waals surface area contributed by atoms with Crippen molar-refractivity contribution in [1.82, 2.24) is 24.3 Å². The van der Waals surface area contributed by atoms with Crippen molar-refractivity contribution in [2.75, 3.05) is 69.6 Å². The summed E-state index contributed by atoms with van der Waals surface area (Å²) in [6.07, 6.45) is 1.34. The Balaban J connectivity index is 0.00000368. The molecule has 43 heavy (non-hydrogen) atoms. The molecule has 0 N–H and O–H groups in total. The largest absolute Gasteiger partial charge is 0.350 e. The van der Waals surface area contributed by atoms with Crippen LogP contribution in [0.15, 0.2) is 52.7 Å². The SMILES string of the molecule is C=CC(=O)N1CCN(c2nc(=O)n3c4c(c(-c5ccc(F)cc5)c(Cl)cc24)SC[C@@H]3CN2CCN(CC)CC2)[C@@H](C)C1.S. The fraction of sp³-hybridized carbons (Fsp3) is 0.452. The maximum Gasteiger partial charge on any atom is 0.350 e. The van der Waals surface area contributed by atoms with Gasteiger partial charge in [-0.25, -0.2) is 9.18 Å². The molecule has 2 saturated heterocycles. The summed E-state index contributed by atoms with van der Waals surface area (Å²) in [5.41, 5.74) is 2.17. The van der Waals surface area contributed by atoms with Crippen LogP contribution in [0.5, 0.6) is 0 Å². The van der Waals surface area contributed by atoms with Gasteiger partial charge in [0.1, 0.15) is 11.6 Å². The molecule has 3 aliphatic heterocycles. The summed E-state index contributed by atoms with van der Waals surface area (Å²) in [5.74, 6) is 0.893. The van der Waals surface area contributed by atoms with Crippen LogP contribution in [-0.2, 0) is 4.79 Å². The molecule has 8 nitrogen and oxygen atoms in total. The zero-order valence-corrected chi connectivity index (χ0v) is 27.1. The Bertz CT molecular complexity index is 1580. The first-order valence-corrected chi connectivity index (χ1v) is 16.0. The molecule has 0 aliphatic carbocycles. The van der Waals surface area contributed by atoms with Crippen LogP contribution in [0, 0.1) is 5.82 Å². The van der Waals surface area contributed by atoms with E-state index >= 15 is 0 Å². The fourth-order valence-corrected chi connectivity index (χ4v) is 8.19. The van der Waals surface area contributed by atoms with Gasteiger partial charge >= 0.3 is 5.69 Å². The lowest BCUT2D eigenvalue weighted by Gasteiger charge is -2.41. The van der Waals surface area contributed by atoms with E-state index in [1.165, 1.54) is 18.2 Å². The van der Waals surface area contributed by atoms with Crippen molar-refractivity contribution in [2.45, 2.75) is 30.8 Å². The molecule has 4 heterocycles. The third kappa shape index (κ3) is 6.07. The van der Waals surface area contributed by atoms with Crippen LogP contribution in [0.2, 0.25) is 5.02 Å². The molecular formula is C31H38ClFN6O2S2. The maximum absolute atomic E-state index is 14.0. The van der Waals surface area contributed by atoms with Crippen molar-refractivity contribution in [3.05, 3.63) is 64.3 Å². The molecule has 1 aromatic heterocycles. The molecule has 0 unspecified atom stereocenters. The summed E-state index contributed by atoms with van der Waals surface area (Å²) in [4.78, 5) is 40.7. The number of benzene rings is 2. The van der Waals surface area contributed by atoms with E-state index in [0.29, 0.717) is 36.2 Å². The summed E-state index contributed by atoms with van der Waals surface area (Å²) >= 11 is 8.72. The van der Waals surface area contributed by atoms with Crippen LogP contribution in [0.1, 0.15) is 19.9 Å². The Morgan fingerprint density at radius 3 is 2.49 bits per heavy atom. The maximum atomic E-state index is 14.0. The van der Waals surface area contributed by atoms with Crippen LogP contribution in [-0.4, -0.2) is 101 Å². The molecule has 0 radical (unpaired) electrons. The second-order valence-electron chi connectivity index (χ2n) is 11.3. The number of anilines is 1. The van der Waals surface area contributed by atoms with E-state index in [0.717, 1.165) is 66.2 Å². The highest BCUT2D eigenvalue weighted by atomic mass is 35.5. The second kappa shape index (κ2) is 13.2. The van der Waals surface area contributed by atoms with E-state index in [1.807, 2.05) is 17.6 Å². The quantitative estimate of drug-likeness (QED) is 0.367. The highest BCUT2D eigenvalue weighted by Gasteiger charge is 2.34. The van der Waals surface area contributed by atoms with Crippen molar-refractivity contribution in [2.24, 2.45) is 0 Å². The molecule has 2 atom stereocenters. The number of nitrogens with zero attached hydrogens (tertiary/aromatic N) is 6. The molecule has 2 aromatic carbocycles. The standard InChI is InChI=1S/C31H36ClFN6O2S.H2S/c1-4-26(40)37-14-15-38(20(3)17-37)30-24-16-25(32)27(21-6-8-22(33)9-7-21)29-28(24)39(31(41)34-30)23(19-42-29)18-36-12-10-35(5-2)11-13-36;/h4,6-9,16,20,23H,1,5,10-15,17-19H2,2-3H3;1H2/t20-,23-;/m0./s1. The Morgan fingerprint density at radius 1 is 1.14 bits per heavy atom. The molecule has 0 spiro atoms. The number of rotatable bonds is 6. The number of carbonyl (C=O) groups excluding carboxylic acids is 1. The Hall–Kier alpha value is -2.57. The molecule has 6 rings (SSSR count). The van der Waals surface area contributed by atoms with Crippen molar-refractivity contribution in [3.63, 3.8) is 0 Å². The summed E-state index contributed by atoms with van der Waals surface area (Å²) < 4.78 is 15.7. The highest BCUT2D eigenvalue weighted by Crippen LogP contribution is 2.47. The molecule has 2 fully saturated rings. The first-order valence-electron chi connectivity index (χ1n) is 14.6. The van der Waals surface area contributed by atoms with Crippen LogP contribution >= 0.6 is 36.9 Å². The van der Waals surface area contributed by atoms with Gasteiger partial charge in [0.05, 0.1) is 16.6 Å². The summed E-state index contributed by atoms with van der Waals surface area (Å²) in [7, 11) is 0. The van der Waals surface area contributed by atoms with Gasteiger partial charge in [-0.15, -0.1) is 11.8 Å². The molecule has 3 aromatic rings. The zero-order chi connectivity index (χ0) is 29.5. The predicted molar refractivity (Wildman–Crippen MR) is 179 cm³/mol. The van der Waals surface area contributed by atoms with Gasteiger partial charge in [-0.1, -0.05) is 37.2 Å². The fourth-order valence-electron chi connectivity index (χ4n) is 6.49. The number of amides is 1. The molecular weight excluding hydrogens is 607 g/mol. The number of carbonyl (C=O) groups is 1. The average molecular weight is 645 g/mol. The lowest BCUT2D eigenvalue weighted by molar-refractivity contribution is -0.126. The lowest BCUT2D eigenvalue weighted by Crippen LogP contribution is -2.54. The smallest absolute Gasteiger partial charge is 0.350 e. The molecule has 0 bridgehead atoms. The second-order valence-corrected chi connectivity index (χ2v) is 12.7. The molecule has 230 valence electrons. The Labute approximate surface area is 267 Å². The van der Waals surface area contributed by atoms with Crippen LogP contribution in [0.25, 0.3) is 22.0 Å². The third-order valence-electron chi connectivity index (χ3n) is 8.78. The minimum atomic E-state index is -0.313. The normalized spacial score (nSPS) is 21.1. The first-order chi connectivity index (χ1) is 20.3. The number of thioether (sulfide) groups is 1.